The lowest BCUT2D eigenvalue weighted by atomic mass is 10.1. The maximum absolute atomic E-state index is 12.3. The molecule has 0 unspecified atom stereocenters. The molecule has 7 heteroatoms. The van der Waals surface area contributed by atoms with Crippen molar-refractivity contribution in [3.8, 4) is 5.75 Å². The van der Waals surface area contributed by atoms with Crippen LogP contribution in [0.2, 0.25) is 0 Å². The quantitative estimate of drug-likeness (QED) is 0.721. The number of sulfonamides is 1. The van der Waals surface area contributed by atoms with Gasteiger partial charge in [0.15, 0.2) is 0 Å². The topological polar surface area (TPSA) is 84.5 Å². The van der Waals surface area contributed by atoms with E-state index in [0.717, 1.165) is 12.8 Å². The van der Waals surface area contributed by atoms with Crippen LogP contribution in [0.15, 0.2) is 23.1 Å². The van der Waals surface area contributed by atoms with Gasteiger partial charge in [0.05, 0.1) is 7.11 Å². The van der Waals surface area contributed by atoms with Gasteiger partial charge >= 0.3 is 0 Å². The first kappa shape index (κ1) is 19.4. The van der Waals surface area contributed by atoms with Crippen molar-refractivity contribution in [2.24, 2.45) is 0 Å². The predicted molar refractivity (Wildman–Crippen MR) is 90.3 cm³/mol. The Kier molecular flexibility index (Phi) is 7.51. The fraction of sp³-hybridized carbons (Fsp3) is 0.562. The van der Waals surface area contributed by atoms with Gasteiger partial charge in [0.1, 0.15) is 10.6 Å². The third-order valence-corrected chi connectivity index (χ3v) is 4.84. The number of ether oxygens (including phenoxy) is 1. The molecule has 6 nitrogen and oxygen atoms in total. The Bertz CT molecular complexity index is 629. The van der Waals surface area contributed by atoms with Crippen LogP contribution in [0.25, 0.3) is 0 Å². The van der Waals surface area contributed by atoms with Gasteiger partial charge in [-0.15, -0.1) is 0 Å². The van der Waals surface area contributed by atoms with Gasteiger partial charge < -0.3 is 10.1 Å². The number of hydrogen-bond acceptors (Lipinski definition) is 4. The van der Waals surface area contributed by atoms with E-state index < -0.39 is 10.0 Å². The van der Waals surface area contributed by atoms with Crippen molar-refractivity contribution in [1.82, 2.24) is 10.0 Å². The smallest absolute Gasteiger partial charge is 0.251 e. The highest BCUT2D eigenvalue weighted by Gasteiger charge is 2.21. The Balaban J connectivity index is 3.10. The number of hydrogen-bond donors (Lipinski definition) is 2. The fourth-order valence-electron chi connectivity index (χ4n) is 2.15. The molecular weight excluding hydrogens is 316 g/mol. The molecule has 0 fully saturated rings. The molecule has 0 radical (unpaired) electrons. The van der Waals surface area contributed by atoms with Crippen LogP contribution >= 0.6 is 0 Å². The summed E-state index contributed by atoms with van der Waals surface area (Å²) in [6, 6.07) is 4.45. The summed E-state index contributed by atoms with van der Waals surface area (Å²) in [6.07, 6.45) is 2.51. The Hall–Kier alpha value is -1.60. The number of methoxy groups -OCH3 is 1. The SMILES string of the molecule is CCCNS(=O)(=O)c1cc(C(=O)N[C@@H](C)CCC)ccc1OC. The molecule has 2 N–H and O–H groups in total. The van der Waals surface area contributed by atoms with E-state index in [1.165, 1.54) is 19.2 Å². The van der Waals surface area contributed by atoms with E-state index in [1.807, 2.05) is 20.8 Å². The molecule has 1 amide bonds. The van der Waals surface area contributed by atoms with Gasteiger partial charge in [-0.05, 0) is 38.0 Å². The molecular formula is C16H26N2O4S. The summed E-state index contributed by atoms with van der Waals surface area (Å²) < 4.78 is 32.3. The van der Waals surface area contributed by atoms with Gasteiger partial charge in [0.25, 0.3) is 5.91 Å². The number of carbonyl (C=O) groups excluding carboxylic acids is 1. The zero-order valence-electron chi connectivity index (χ0n) is 14.2. The van der Waals surface area contributed by atoms with Crippen LogP contribution < -0.4 is 14.8 Å². The molecule has 1 aromatic carbocycles. The van der Waals surface area contributed by atoms with E-state index in [1.54, 1.807) is 6.07 Å². The van der Waals surface area contributed by atoms with Crippen molar-refractivity contribution in [2.75, 3.05) is 13.7 Å². The molecule has 0 bridgehead atoms. The molecule has 1 rings (SSSR count). The van der Waals surface area contributed by atoms with E-state index >= 15 is 0 Å². The van der Waals surface area contributed by atoms with Gasteiger partial charge in [0.2, 0.25) is 10.0 Å². The largest absolute Gasteiger partial charge is 0.495 e. The first-order chi connectivity index (χ1) is 10.9. The zero-order chi connectivity index (χ0) is 17.5. The molecule has 0 aliphatic carbocycles. The lowest BCUT2D eigenvalue weighted by Crippen LogP contribution is -2.32. The van der Waals surface area contributed by atoms with Gasteiger partial charge in [-0.3, -0.25) is 4.79 Å². The van der Waals surface area contributed by atoms with Crippen LogP contribution in [0.1, 0.15) is 50.4 Å². The average Bonchev–Trinajstić information content (AvgIpc) is 2.52. The molecule has 23 heavy (non-hydrogen) atoms. The third kappa shape index (κ3) is 5.51. The minimum absolute atomic E-state index is 0.0238. The van der Waals surface area contributed by atoms with Gasteiger partial charge in [-0.25, -0.2) is 13.1 Å². The van der Waals surface area contributed by atoms with Crippen molar-refractivity contribution >= 4 is 15.9 Å². The van der Waals surface area contributed by atoms with Crippen LogP contribution in [0.4, 0.5) is 0 Å². The molecule has 0 aromatic heterocycles. The van der Waals surface area contributed by atoms with Crippen molar-refractivity contribution in [1.29, 1.82) is 0 Å². The first-order valence-electron chi connectivity index (χ1n) is 7.84. The van der Waals surface area contributed by atoms with E-state index in [9.17, 15) is 13.2 Å². The van der Waals surface area contributed by atoms with Crippen LogP contribution in [-0.2, 0) is 10.0 Å². The molecule has 0 aliphatic heterocycles. The minimum Gasteiger partial charge on any atom is -0.495 e. The van der Waals surface area contributed by atoms with E-state index in [4.69, 9.17) is 4.74 Å². The third-order valence-electron chi connectivity index (χ3n) is 3.36. The van der Waals surface area contributed by atoms with Crippen molar-refractivity contribution in [3.63, 3.8) is 0 Å². The standard InChI is InChI=1S/C16H26N2O4S/c1-5-7-12(3)18-16(19)13-8-9-14(22-4)15(11-13)23(20,21)17-10-6-2/h8-9,11-12,17H,5-7,10H2,1-4H3,(H,18,19)/t12-/m0/s1. The monoisotopic (exact) mass is 342 g/mol. The molecule has 1 atom stereocenters. The highest BCUT2D eigenvalue weighted by Crippen LogP contribution is 2.25. The molecule has 0 spiro atoms. The van der Waals surface area contributed by atoms with Crippen LogP contribution in [0.3, 0.4) is 0 Å². The van der Waals surface area contributed by atoms with Gasteiger partial charge in [-0.2, -0.15) is 0 Å². The van der Waals surface area contributed by atoms with Crippen LogP contribution in [-0.4, -0.2) is 34.0 Å². The Labute approximate surface area is 138 Å². The molecule has 1 aromatic rings. The predicted octanol–water partition coefficient (Wildman–Crippen LogP) is 2.30. The number of amides is 1. The summed E-state index contributed by atoms with van der Waals surface area (Å²) in [6.45, 7) is 6.17. The molecule has 0 saturated heterocycles. The summed E-state index contributed by atoms with van der Waals surface area (Å²) in [5.74, 6) is -0.0766. The highest BCUT2D eigenvalue weighted by atomic mass is 32.2. The number of carbonyl (C=O) groups is 1. The van der Waals surface area contributed by atoms with Gasteiger partial charge in [-0.1, -0.05) is 20.3 Å². The van der Waals surface area contributed by atoms with E-state index in [2.05, 4.69) is 10.0 Å². The van der Waals surface area contributed by atoms with Crippen molar-refractivity contribution in [3.05, 3.63) is 23.8 Å². The molecule has 0 saturated carbocycles. The second-order valence-corrected chi connectivity index (χ2v) is 7.16. The second kappa shape index (κ2) is 8.88. The lowest BCUT2D eigenvalue weighted by molar-refractivity contribution is 0.0938. The summed E-state index contributed by atoms with van der Waals surface area (Å²) in [4.78, 5) is 12.2. The zero-order valence-corrected chi connectivity index (χ0v) is 15.0. The Morgan fingerprint density at radius 3 is 2.52 bits per heavy atom. The second-order valence-electron chi connectivity index (χ2n) is 5.43. The van der Waals surface area contributed by atoms with E-state index in [0.29, 0.717) is 18.5 Å². The summed E-state index contributed by atoms with van der Waals surface area (Å²) in [5.41, 5.74) is 0.297. The number of benzene rings is 1. The fourth-order valence-corrected chi connectivity index (χ4v) is 3.48. The minimum atomic E-state index is -3.71. The normalized spacial score (nSPS) is 12.7. The summed E-state index contributed by atoms with van der Waals surface area (Å²) in [7, 11) is -2.31. The molecule has 0 aliphatic rings. The average molecular weight is 342 g/mol. The Morgan fingerprint density at radius 1 is 1.26 bits per heavy atom. The first-order valence-corrected chi connectivity index (χ1v) is 9.32. The van der Waals surface area contributed by atoms with Crippen LogP contribution in [0, 0.1) is 0 Å². The van der Waals surface area contributed by atoms with E-state index in [-0.39, 0.29) is 22.6 Å². The highest BCUT2D eigenvalue weighted by molar-refractivity contribution is 7.89. The summed E-state index contributed by atoms with van der Waals surface area (Å²) >= 11 is 0. The maximum atomic E-state index is 12.3. The van der Waals surface area contributed by atoms with Gasteiger partial charge in [0, 0.05) is 18.2 Å². The number of rotatable bonds is 9. The molecule has 0 heterocycles. The maximum Gasteiger partial charge on any atom is 0.251 e. The van der Waals surface area contributed by atoms with Crippen LogP contribution in [0.5, 0.6) is 5.75 Å². The van der Waals surface area contributed by atoms with Crippen molar-refractivity contribution < 1.29 is 17.9 Å². The number of nitrogens with one attached hydrogen (secondary N) is 2. The van der Waals surface area contributed by atoms with Crippen molar-refractivity contribution in [2.45, 2.75) is 51.0 Å². The lowest BCUT2D eigenvalue weighted by Gasteiger charge is -2.15. The Morgan fingerprint density at radius 2 is 1.96 bits per heavy atom. The molecule has 130 valence electrons. The summed E-state index contributed by atoms with van der Waals surface area (Å²) in [5, 5.41) is 2.86.